The van der Waals surface area contributed by atoms with E-state index in [4.69, 9.17) is 0 Å². The summed E-state index contributed by atoms with van der Waals surface area (Å²) in [6.07, 6.45) is 7.10. The Balaban J connectivity index is 0.000000461. The molecule has 0 heteroatoms. The maximum atomic E-state index is 2.35. The van der Waals surface area contributed by atoms with E-state index in [1.54, 1.807) is 0 Å². The second kappa shape index (κ2) is 4.99. The molecule has 0 bridgehead atoms. The number of rotatable bonds is 0. The van der Waals surface area contributed by atoms with Gasteiger partial charge in [0.05, 0.1) is 0 Å². The number of hydrogen-bond acceptors (Lipinski definition) is 0. The second-order valence-electron chi connectivity index (χ2n) is 3.57. The van der Waals surface area contributed by atoms with E-state index in [-0.39, 0.29) is 0 Å². The van der Waals surface area contributed by atoms with E-state index in [1.807, 2.05) is 13.8 Å². The Morgan fingerprint density at radius 3 is 2.29 bits per heavy atom. The molecule has 1 aliphatic rings. The van der Waals surface area contributed by atoms with Crippen LogP contribution in [0.1, 0.15) is 37.8 Å². The Labute approximate surface area is 87.0 Å². The van der Waals surface area contributed by atoms with Crippen molar-refractivity contribution in [2.75, 3.05) is 0 Å². The van der Waals surface area contributed by atoms with E-state index in [0.29, 0.717) is 0 Å². The van der Waals surface area contributed by atoms with E-state index in [1.165, 1.54) is 34.4 Å². The van der Waals surface area contributed by atoms with Crippen molar-refractivity contribution in [3.63, 3.8) is 0 Å². The van der Waals surface area contributed by atoms with Crippen molar-refractivity contribution >= 4 is 12.2 Å². The molecule has 76 valence electrons. The monoisotopic (exact) mass is 188 g/mol. The van der Waals surface area contributed by atoms with Crippen LogP contribution in [-0.2, 0) is 0 Å². The topological polar surface area (TPSA) is 0 Å². The highest BCUT2D eigenvalue weighted by Crippen LogP contribution is 1.99. The highest BCUT2D eigenvalue weighted by molar-refractivity contribution is 5.42. The Bertz CT molecular complexity index is 410. The molecule has 0 aliphatic heterocycles. The molecule has 0 saturated heterocycles. The highest BCUT2D eigenvalue weighted by Gasteiger charge is 1.96. The molecule has 0 N–H and O–H groups in total. The van der Waals surface area contributed by atoms with Gasteiger partial charge in [-0.3, -0.25) is 0 Å². The summed E-state index contributed by atoms with van der Waals surface area (Å²) in [4.78, 5) is 0. The van der Waals surface area contributed by atoms with Gasteiger partial charge in [-0.05, 0) is 42.7 Å². The minimum atomic E-state index is 1.20. The lowest BCUT2D eigenvalue weighted by atomic mass is 10.0. The predicted octanol–water partition coefficient (Wildman–Crippen LogP) is 2.68. The third-order valence-electron chi connectivity index (χ3n) is 2.44. The summed E-state index contributed by atoms with van der Waals surface area (Å²) in [5.74, 6) is 0. The van der Waals surface area contributed by atoms with Crippen molar-refractivity contribution in [3.8, 4) is 0 Å². The van der Waals surface area contributed by atoms with Gasteiger partial charge in [-0.1, -0.05) is 43.7 Å². The van der Waals surface area contributed by atoms with Crippen molar-refractivity contribution in [2.24, 2.45) is 0 Å². The van der Waals surface area contributed by atoms with Crippen LogP contribution in [0.3, 0.4) is 0 Å². The predicted molar refractivity (Wildman–Crippen MR) is 64.7 cm³/mol. The molecule has 1 aromatic carbocycles. The first-order chi connectivity index (χ1) is 6.77. The van der Waals surface area contributed by atoms with Crippen LogP contribution in [0.4, 0.5) is 0 Å². The molecular formula is C14H20. The molecule has 0 unspecified atom stereocenters. The standard InChI is InChI=1S/C12H14.C2H6/c1-9-7-10(2)12-6-4-3-5-11(12)8-9;1-2/h5-8H,3-4H2,1-2H3;1-2H3. The molecule has 0 amide bonds. The van der Waals surface area contributed by atoms with Gasteiger partial charge in [-0.25, -0.2) is 0 Å². The van der Waals surface area contributed by atoms with Gasteiger partial charge in [0, 0.05) is 0 Å². The Hall–Kier alpha value is -1.04. The molecule has 0 radical (unpaired) electrons. The minimum Gasteiger partial charge on any atom is -0.0763 e. The maximum Gasteiger partial charge on any atom is -0.0198 e. The molecule has 14 heavy (non-hydrogen) atoms. The summed E-state index contributed by atoms with van der Waals surface area (Å²) in [6.45, 7) is 8.36. The lowest BCUT2D eigenvalue weighted by Crippen LogP contribution is -2.29. The zero-order chi connectivity index (χ0) is 10.6. The lowest BCUT2D eigenvalue weighted by molar-refractivity contribution is 1.10. The quantitative estimate of drug-likeness (QED) is 0.587. The lowest BCUT2D eigenvalue weighted by Gasteiger charge is -2.04. The molecule has 0 spiro atoms. The summed E-state index contributed by atoms with van der Waals surface area (Å²) in [5, 5.41) is 2.88. The summed E-state index contributed by atoms with van der Waals surface area (Å²) in [6, 6.07) is 4.53. The third kappa shape index (κ3) is 2.25. The van der Waals surface area contributed by atoms with Gasteiger partial charge in [-0.2, -0.15) is 0 Å². The molecule has 1 aliphatic carbocycles. The molecule has 0 saturated carbocycles. The van der Waals surface area contributed by atoms with E-state index in [2.05, 4.69) is 38.1 Å². The highest BCUT2D eigenvalue weighted by atomic mass is 14.0. The fourth-order valence-corrected chi connectivity index (χ4v) is 1.93. The molecule has 0 aromatic heterocycles. The maximum absolute atomic E-state index is 2.35. The fourth-order valence-electron chi connectivity index (χ4n) is 1.93. The van der Waals surface area contributed by atoms with Crippen LogP contribution in [0, 0.1) is 13.8 Å². The van der Waals surface area contributed by atoms with Gasteiger partial charge in [0.15, 0.2) is 0 Å². The molecule has 0 nitrogen and oxygen atoms in total. The molecule has 0 atom stereocenters. The van der Waals surface area contributed by atoms with Crippen LogP contribution in [0.2, 0.25) is 0 Å². The average Bonchev–Trinajstić information content (AvgIpc) is 2.20. The minimum absolute atomic E-state index is 1.20. The summed E-state index contributed by atoms with van der Waals surface area (Å²) >= 11 is 0. The van der Waals surface area contributed by atoms with Crippen molar-refractivity contribution in [3.05, 3.63) is 33.7 Å². The van der Waals surface area contributed by atoms with Crippen LogP contribution >= 0.6 is 0 Å². The van der Waals surface area contributed by atoms with Crippen molar-refractivity contribution in [2.45, 2.75) is 40.5 Å². The van der Waals surface area contributed by atoms with Crippen LogP contribution in [0.5, 0.6) is 0 Å². The largest absolute Gasteiger partial charge is 0.0763 e. The molecule has 1 aromatic rings. The van der Waals surface area contributed by atoms with Crippen molar-refractivity contribution in [1.29, 1.82) is 0 Å². The third-order valence-corrected chi connectivity index (χ3v) is 2.44. The van der Waals surface area contributed by atoms with Crippen LogP contribution < -0.4 is 10.4 Å². The summed E-state index contributed by atoms with van der Waals surface area (Å²) < 4.78 is 0. The van der Waals surface area contributed by atoms with Crippen molar-refractivity contribution in [1.82, 2.24) is 0 Å². The van der Waals surface area contributed by atoms with E-state index in [0.717, 1.165) is 0 Å². The zero-order valence-corrected chi connectivity index (χ0v) is 9.72. The summed E-state index contributed by atoms with van der Waals surface area (Å²) in [7, 11) is 0. The number of benzene rings is 1. The van der Waals surface area contributed by atoms with Crippen molar-refractivity contribution < 1.29 is 0 Å². The molecule has 0 heterocycles. The van der Waals surface area contributed by atoms with Crippen LogP contribution in [-0.4, -0.2) is 0 Å². The van der Waals surface area contributed by atoms with E-state index >= 15 is 0 Å². The molecular weight excluding hydrogens is 168 g/mol. The summed E-state index contributed by atoms with van der Waals surface area (Å²) in [5.41, 5.74) is 2.79. The SMILES string of the molecule is CC.Cc1cc(C)c2c(c1)=CCCC=2. The Kier molecular flexibility index (Phi) is 3.94. The second-order valence-corrected chi connectivity index (χ2v) is 3.57. The van der Waals surface area contributed by atoms with Gasteiger partial charge in [0.2, 0.25) is 0 Å². The van der Waals surface area contributed by atoms with E-state index < -0.39 is 0 Å². The van der Waals surface area contributed by atoms with Crippen LogP contribution in [0.15, 0.2) is 12.1 Å². The van der Waals surface area contributed by atoms with Gasteiger partial charge >= 0.3 is 0 Å². The van der Waals surface area contributed by atoms with Gasteiger partial charge in [0.1, 0.15) is 0 Å². The molecule has 0 fully saturated rings. The van der Waals surface area contributed by atoms with Gasteiger partial charge in [-0.15, -0.1) is 0 Å². The fraction of sp³-hybridized carbons (Fsp3) is 0.429. The molecule has 2 rings (SSSR count). The van der Waals surface area contributed by atoms with Crippen LogP contribution in [0.25, 0.3) is 12.2 Å². The number of hydrogen-bond donors (Lipinski definition) is 0. The number of fused-ring (bicyclic) bond motifs is 1. The normalized spacial score (nSPS) is 12.9. The van der Waals surface area contributed by atoms with Gasteiger partial charge < -0.3 is 0 Å². The first-order valence-corrected chi connectivity index (χ1v) is 5.55. The zero-order valence-electron chi connectivity index (χ0n) is 9.72. The Morgan fingerprint density at radius 1 is 0.929 bits per heavy atom. The average molecular weight is 188 g/mol. The van der Waals surface area contributed by atoms with E-state index in [9.17, 15) is 0 Å². The smallest absolute Gasteiger partial charge is 0.0198 e. The van der Waals surface area contributed by atoms with Gasteiger partial charge in [0.25, 0.3) is 0 Å². The number of aryl methyl sites for hydroxylation is 2. The first kappa shape index (κ1) is 11.0. The Morgan fingerprint density at radius 2 is 1.57 bits per heavy atom. The first-order valence-electron chi connectivity index (χ1n) is 5.55.